The van der Waals surface area contributed by atoms with Crippen molar-refractivity contribution >= 4 is 17.8 Å². The molecule has 84 valence electrons. The fraction of sp³-hybridized carbons (Fsp3) is 0.500. The van der Waals surface area contributed by atoms with E-state index in [9.17, 15) is 9.59 Å². The topological polar surface area (TPSA) is 67.2 Å². The van der Waals surface area contributed by atoms with Crippen LogP contribution < -0.4 is 10.2 Å². The molecule has 0 unspecified atom stereocenters. The van der Waals surface area contributed by atoms with Gasteiger partial charge in [0.25, 0.3) is 0 Å². The van der Waals surface area contributed by atoms with E-state index in [2.05, 4.69) is 14.9 Å². The van der Waals surface area contributed by atoms with Gasteiger partial charge in [0.15, 0.2) is 0 Å². The van der Waals surface area contributed by atoms with Crippen molar-refractivity contribution in [3.63, 3.8) is 0 Å². The zero-order valence-electron chi connectivity index (χ0n) is 8.77. The Hall–Kier alpha value is -1.85. The molecule has 0 aliphatic carbocycles. The molecule has 0 radical (unpaired) electrons. The predicted molar refractivity (Wildman–Crippen MR) is 56.0 cm³/mol. The molecule has 1 saturated heterocycles. The van der Waals surface area contributed by atoms with E-state index in [0.717, 1.165) is 31.0 Å². The second kappa shape index (κ2) is 3.33. The first-order valence-corrected chi connectivity index (χ1v) is 5.41. The molecule has 1 N–H and O–H groups in total. The quantitative estimate of drug-likeness (QED) is 0.739. The Morgan fingerprint density at radius 2 is 2.12 bits per heavy atom. The van der Waals surface area contributed by atoms with Gasteiger partial charge in [0.05, 0.1) is 6.20 Å². The van der Waals surface area contributed by atoms with Gasteiger partial charge in [0, 0.05) is 25.9 Å². The summed E-state index contributed by atoms with van der Waals surface area (Å²) in [6, 6.07) is -0.342. The summed E-state index contributed by atoms with van der Waals surface area (Å²) in [5.74, 6) is 1.62. The van der Waals surface area contributed by atoms with Crippen molar-refractivity contribution < 1.29 is 9.59 Å². The summed E-state index contributed by atoms with van der Waals surface area (Å²) in [5, 5.41) is 2.32. The van der Waals surface area contributed by atoms with Crippen molar-refractivity contribution in [2.45, 2.75) is 25.8 Å². The molecule has 6 nitrogen and oxygen atoms in total. The van der Waals surface area contributed by atoms with E-state index in [1.54, 1.807) is 11.1 Å². The highest BCUT2D eigenvalue weighted by molar-refractivity contribution is 6.05. The third-order valence-corrected chi connectivity index (χ3v) is 3.03. The number of imide groups is 1. The number of hydrogen-bond acceptors (Lipinski definition) is 3. The van der Waals surface area contributed by atoms with Gasteiger partial charge in [-0.1, -0.05) is 0 Å². The Morgan fingerprint density at radius 1 is 1.25 bits per heavy atom. The smallest absolute Gasteiger partial charge is 0.315 e. The first-order chi connectivity index (χ1) is 7.75. The molecule has 2 aliphatic heterocycles. The number of rotatable bonds is 1. The summed E-state index contributed by atoms with van der Waals surface area (Å²) < 4.78 is 2.05. The number of carbonyl (C=O) groups excluding carboxylic acids is 2. The second-order valence-corrected chi connectivity index (χ2v) is 4.04. The van der Waals surface area contributed by atoms with Gasteiger partial charge in [-0.3, -0.25) is 15.0 Å². The van der Waals surface area contributed by atoms with Crippen LogP contribution in [0.2, 0.25) is 0 Å². The largest absolute Gasteiger partial charge is 0.329 e. The molecule has 1 aromatic rings. The first-order valence-electron chi connectivity index (χ1n) is 5.41. The second-order valence-electron chi connectivity index (χ2n) is 4.04. The van der Waals surface area contributed by atoms with Crippen LogP contribution in [-0.4, -0.2) is 28.0 Å². The van der Waals surface area contributed by atoms with E-state index >= 15 is 0 Å². The minimum atomic E-state index is -0.342. The van der Waals surface area contributed by atoms with E-state index in [1.165, 1.54) is 0 Å². The summed E-state index contributed by atoms with van der Waals surface area (Å²) >= 11 is 0. The molecule has 0 bridgehead atoms. The minimum absolute atomic E-state index is 0.206. The van der Waals surface area contributed by atoms with Gasteiger partial charge < -0.3 is 4.57 Å². The Bertz CT molecular complexity index is 465. The lowest BCUT2D eigenvalue weighted by atomic mass is 10.3. The highest BCUT2D eigenvalue weighted by Gasteiger charge is 2.28. The summed E-state index contributed by atoms with van der Waals surface area (Å²) in [6.07, 6.45) is 4.11. The summed E-state index contributed by atoms with van der Waals surface area (Å²) in [7, 11) is 0. The van der Waals surface area contributed by atoms with Crippen LogP contribution in [0.5, 0.6) is 0 Å². The number of aromatic nitrogens is 2. The fourth-order valence-electron chi connectivity index (χ4n) is 2.24. The highest BCUT2D eigenvalue weighted by atomic mass is 16.2. The van der Waals surface area contributed by atoms with Crippen LogP contribution in [0.15, 0.2) is 6.20 Å². The average molecular weight is 220 g/mol. The van der Waals surface area contributed by atoms with Gasteiger partial charge in [0.2, 0.25) is 5.91 Å². The lowest BCUT2D eigenvalue weighted by Gasteiger charge is -2.26. The lowest BCUT2D eigenvalue weighted by molar-refractivity contribution is -0.120. The van der Waals surface area contributed by atoms with Crippen LogP contribution in [0.25, 0.3) is 0 Å². The number of amides is 3. The number of nitrogens with zero attached hydrogens (tertiary/aromatic N) is 3. The maximum absolute atomic E-state index is 11.7. The normalized spacial score (nSPS) is 19.9. The number of urea groups is 1. The van der Waals surface area contributed by atoms with Gasteiger partial charge in [-0.25, -0.2) is 9.78 Å². The Balaban J connectivity index is 1.92. The third kappa shape index (κ3) is 1.30. The molecule has 16 heavy (non-hydrogen) atoms. The summed E-state index contributed by atoms with van der Waals surface area (Å²) in [4.78, 5) is 28.6. The zero-order valence-corrected chi connectivity index (χ0v) is 8.77. The SMILES string of the molecule is O=C1CCN(c2cnc3n2CCC3)C(=O)N1. The maximum atomic E-state index is 11.7. The molecule has 3 amide bonds. The number of nitrogens with one attached hydrogen (secondary N) is 1. The van der Waals surface area contributed by atoms with Crippen molar-refractivity contribution in [2.24, 2.45) is 0 Å². The van der Waals surface area contributed by atoms with Gasteiger partial charge in [-0.2, -0.15) is 0 Å². The van der Waals surface area contributed by atoms with Crippen LogP contribution in [0.4, 0.5) is 10.6 Å². The first kappa shape index (κ1) is 9.38. The highest BCUT2D eigenvalue weighted by Crippen LogP contribution is 2.24. The van der Waals surface area contributed by atoms with Crippen molar-refractivity contribution in [3.8, 4) is 0 Å². The molecule has 1 aromatic heterocycles. The molecule has 6 heteroatoms. The van der Waals surface area contributed by atoms with E-state index in [0.29, 0.717) is 13.0 Å². The Labute approximate surface area is 92.2 Å². The Morgan fingerprint density at radius 3 is 2.94 bits per heavy atom. The molecule has 3 rings (SSSR count). The van der Waals surface area contributed by atoms with E-state index in [4.69, 9.17) is 0 Å². The van der Waals surface area contributed by atoms with Crippen molar-refractivity contribution in [1.82, 2.24) is 14.9 Å². The molecule has 0 aromatic carbocycles. The number of aryl methyl sites for hydroxylation is 1. The van der Waals surface area contributed by atoms with Gasteiger partial charge in [-0.05, 0) is 6.42 Å². The predicted octanol–water partition coefficient (Wildman–Crippen LogP) is 0.276. The fourth-order valence-corrected chi connectivity index (χ4v) is 2.24. The standard InChI is InChI=1S/C10H12N4O2/c15-8-3-5-14(10(16)12-8)9-6-11-7-2-1-4-13(7)9/h6H,1-5H2,(H,12,15,16). The van der Waals surface area contributed by atoms with Crippen LogP contribution in [0.1, 0.15) is 18.7 Å². The molecular weight excluding hydrogens is 208 g/mol. The molecular formula is C10H12N4O2. The third-order valence-electron chi connectivity index (χ3n) is 3.03. The van der Waals surface area contributed by atoms with Gasteiger partial charge >= 0.3 is 6.03 Å². The molecule has 1 fully saturated rings. The van der Waals surface area contributed by atoms with Crippen LogP contribution >= 0.6 is 0 Å². The summed E-state index contributed by atoms with van der Waals surface area (Å²) in [6.45, 7) is 1.35. The number of anilines is 1. The van der Waals surface area contributed by atoms with E-state index in [-0.39, 0.29) is 11.9 Å². The van der Waals surface area contributed by atoms with E-state index in [1.807, 2.05) is 0 Å². The zero-order chi connectivity index (χ0) is 11.1. The van der Waals surface area contributed by atoms with Crippen LogP contribution in [0.3, 0.4) is 0 Å². The number of carbonyl (C=O) groups is 2. The molecule has 0 spiro atoms. The Kier molecular flexibility index (Phi) is 1.95. The minimum Gasteiger partial charge on any atom is -0.315 e. The average Bonchev–Trinajstić information content (AvgIpc) is 2.80. The van der Waals surface area contributed by atoms with Gasteiger partial charge in [0.1, 0.15) is 11.6 Å². The lowest BCUT2D eigenvalue weighted by Crippen LogP contribution is -2.50. The molecule has 0 atom stereocenters. The van der Waals surface area contributed by atoms with Gasteiger partial charge in [-0.15, -0.1) is 0 Å². The maximum Gasteiger partial charge on any atom is 0.329 e. The number of imidazole rings is 1. The monoisotopic (exact) mass is 220 g/mol. The van der Waals surface area contributed by atoms with Crippen molar-refractivity contribution in [2.75, 3.05) is 11.4 Å². The van der Waals surface area contributed by atoms with Crippen LogP contribution in [-0.2, 0) is 17.8 Å². The molecule has 3 heterocycles. The number of fused-ring (bicyclic) bond motifs is 1. The molecule has 0 saturated carbocycles. The summed E-state index contributed by atoms with van der Waals surface area (Å²) in [5.41, 5.74) is 0. The number of hydrogen-bond donors (Lipinski definition) is 1. The van der Waals surface area contributed by atoms with Crippen molar-refractivity contribution in [3.05, 3.63) is 12.0 Å². The van der Waals surface area contributed by atoms with Crippen LogP contribution in [0, 0.1) is 0 Å². The van der Waals surface area contributed by atoms with E-state index < -0.39 is 0 Å². The molecule has 2 aliphatic rings. The van der Waals surface area contributed by atoms with Crippen molar-refractivity contribution in [1.29, 1.82) is 0 Å².